The summed E-state index contributed by atoms with van der Waals surface area (Å²) in [5.41, 5.74) is 7.12. The quantitative estimate of drug-likeness (QED) is 0.389. The van der Waals surface area contributed by atoms with E-state index in [-0.39, 0.29) is 0 Å². The third-order valence-electron chi connectivity index (χ3n) is 3.03. The summed E-state index contributed by atoms with van der Waals surface area (Å²) >= 11 is 0. The van der Waals surface area contributed by atoms with Crippen LogP contribution in [-0.2, 0) is 11.3 Å². The maximum atomic E-state index is 5.81. The van der Waals surface area contributed by atoms with Crippen molar-refractivity contribution in [2.45, 2.75) is 19.9 Å². The van der Waals surface area contributed by atoms with Crippen LogP contribution in [0.4, 0.5) is 0 Å². The fourth-order valence-corrected chi connectivity index (χ4v) is 1.92. The molecule has 0 saturated heterocycles. The van der Waals surface area contributed by atoms with Gasteiger partial charge < -0.3 is 20.7 Å². The van der Waals surface area contributed by atoms with Crippen molar-refractivity contribution >= 4 is 5.96 Å². The molecule has 0 heterocycles. The Labute approximate surface area is 128 Å². The average molecular weight is 292 g/mol. The van der Waals surface area contributed by atoms with E-state index in [1.54, 1.807) is 0 Å². The van der Waals surface area contributed by atoms with Gasteiger partial charge in [-0.1, -0.05) is 30.3 Å². The highest BCUT2D eigenvalue weighted by Gasteiger charge is 2.00. The van der Waals surface area contributed by atoms with Crippen molar-refractivity contribution in [2.24, 2.45) is 10.7 Å². The van der Waals surface area contributed by atoms with Crippen LogP contribution >= 0.6 is 0 Å². The van der Waals surface area contributed by atoms with Crippen LogP contribution in [0.3, 0.4) is 0 Å². The highest BCUT2D eigenvalue weighted by atomic mass is 16.5. The van der Waals surface area contributed by atoms with Crippen LogP contribution in [-0.4, -0.2) is 50.8 Å². The van der Waals surface area contributed by atoms with Crippen LogP contribution in [0.2, 0.25) is 0 Å². The van der Waals surface area contributed by atoms with Crippen molar-refractivity contribution in [3.8, 4) is 0 Å². The topological polar surface area (TPSA) is 62.9 Å². The molecule has 0 aliphatic rings. The van der Waals surface area contributed by atoms with Crippen LogP contribution in [0.1, 0.15) is 18.9 Å². The normalized spacial score (nSPS) is 11.9. The van der Waals surface area contributed by atoms with Crippen LogP contribution < -0.4 is 11.1 Å². The second kappa shape index (κ2) is 11.1. The van der Waals surface area contributed by atoms with Gasteiger partial charge in [-0.15, -0.1) is 0 Å². The Hall–Kier alpha value is -1.59. The number of aliphatic imine (C=N–C) groups is 1. The van der Waals surface area contributed by atoms with Crippen molar-refractivity contribution in [1.82, 2.24) is 10.2 Å². The highest BCUT2D eigenvalue weighted by molar-refractivity contribution is 5.77. The fraction of sp³-hybridized carbons (Fsp3) is 0.562. The van der Waals surface area contributed by atoms with Crippen LogP contribution in [0.25, 0.3) is 0 Å². The second-order valence-electron chi connectivity index (χ2n) is 4.97. The number of nitrogens with zero attached hydrogens (tertiary/aromatic N) is 2. The Bertz CT molecular complexity index is 395. The molecule has 0 radical (unpaired) electrons. The first-order valence-electron chi connectivity index (χ1n) is 7.56. The van der Waals surface area contributed by atoms with Gasteiger partial charge in [0.25, 0.3) is 0 Å². The number of guanidine groups is 1. The van der Waals surface area contributed by atoms with Crippen LogP contribution in [0.5, 0.6) is 0 Å². The molecule has 1 aromatic carbocycles. The number of hydrogen-bond donors (Lipinski definition) is 2. The van der Waals surface area contributed by atoms with Gasteiger partial charge in [0.1, 0.15) is 0 Å². The second-order valence-corrected chi connectivity index (χ2v) is 4.97. The lowest BCUT2D eigenvalue weighted by Crippen LogP contribution is -2.37. The number of nitrogens with one attached hydrogen (secondary N) is 1. The lowest BCUT2D eigenvalue weighted by molar-refractivity contribution is 0.146. The molecule has 0 spiro atoms. The zero-order valence-corrected chi connectivity index (χ0v) is 13.2. The molecule has 0 aliphatic heterocycles. The van der Waals surface area contributed by atoms with Crippen molar-refractivity contribution in [3.63, 3.8) is 0 Å². The minimum atomic E-state index is 0.514. The third kappa shape index (κ3) is 9.05. The zero-order chi connectivity index (χ0) is 15.3. The number of likely N-dealkylation sites (N-methyl/N-ethyl adjacent to an activating group) is 1. The van der Waals surface area contributed by atoms with E-state index in [0.717, 1.165) is 39.3 Å². The van der Waals surface area contributed by atoms with Gasteiger partial charge >= 0.3 is 0 Å². The maximum Gasteiger partial charge on any atom is 0.188 e. The highest BCUT2D eigenvalue weighted by Crippen LogP contribution is 2.01. The molecule has 0 saturated carbocycles. The summed E-state index contributed by atoms with van der Waals surface area (Å²) in [6.45, 7) is 6.85. The molecule has 0 amide bonds. The van der Waals surface area contributed by atoms with Gasteiger partial charge in [0, 0.05) is 39.4 Å². The summed E-state index contributed by atoms with van der Waals surface area (Å²) in [5, 5.41) is 3.14. The van der Waals surface area contributed by atoms with Gasteiger partial charge in [-0.25, -0.2) is 0 Å². The molecule has 0 fully saturated rings. The molecule has 5 heteroatoms. The van der Waals surface area contributed by atoms with Crippen LogP contribution in [0, 0.1) is 0 Å². The van der Waals surface area contributed by atoms with Crippen molar-refractivity contribution in [1.29, 1.82) is 0 Å². The Morgan fingerprint density at radius 2 is 2.10 bits per heavy atom. The lowest BCUT2D eigenvalue weighted by atomic mass is 10.2. The standard InChI is InChI=1S/C16H28N4O/c1-3-21-13-7-10-18-16(17)19-11-12-20(2)14-15-8-5-4-6-9-15/h4-6,8-9H,3,7,10-14H2,1-2H3,(H3,17,18,19). The van der Waals surface area contributed by atoms with Gasteiger partial charge in [0.05, 0.1) is 0 Å². The summed E-state index contributed by atoms with van der Waals surface area (Å²) in [6.07, 6.45) is 0.907. The molecule has 5 nitrogen and oxygen atoms in total. The summed E-state index contributed by atoms with van der Waals surface area (Å²) in [6, 6.07) is 10.4. The molecule has 0 aliphatic carbocycles. The molecule has 1 aromatic rings. The average Bonchev–Trinajstić information content (AvgIpc) is 2.48. The van der Waals surface area contributed by atoms with Gasteiger partial charge in [0.2, 0.25) is 0 Å². The maximum absolute atomic E-state index is 5.81. The summed E-state index contributed by atoms with van der Waals surface area (Å²) < 4.78 is 5.25. The Kier molecular flexibility index (Phi) is 9.24. The van der Waals surface area contributed by atoms with Crippen molar-refractivity contribution in [2.75, 3.05) is 39.9 Å². The van der Waals surface area contributed by atoms with E-state index in [9.17, 15) is 0 Å². The molecule has 0 unspecified atom stereocenters. The largest absolute Gasteiger partial charge is 0.382 e. The smallest absolute Gasteiger partial charge is 0.188 e. The fourth-order valence-electron chi connectivity index (χ4n) is 1.92. The molecule has 118 valence electrons. The van der Waals surface area contributed by atoms with E-state index < -0.39 is 0 Å². The predicted octanol–water partition coefficient (Wildman–Crippen LogP) is 1.45. The molecular weight excluding hydrogens is 264 g/mol. The monoisotopic (exact) mass is 292 g/mol. The minimum absolute atomic E-state index is 0.514. The first-order chi connectivity index (χ1) is 10.2. The third-order valence-corrected chi connectivity index (χ3v) is 3.03. The molecule has 0 bridgehead atoms. The van der Waals surface area contributed by atoms with Crippen LogP contribution in [0.15, 0.2) is 35.3 Å². The van der Waals surface area contributed by atoms with E-state index in [4.69, 9.17) is 10.5 Å². The lowest BCUT2D eigenvalue weighted by Gasteiger charge is -2.17. The Morgan fingerprint density at radius 1 is 1.33 bits per heavy atom. The van der Waals surface area contributed by atoms with Gasteiger partial charge in [-0.05, 0) is 26.0 Å². The summed E-state index contributed by atoms with van der Waals surface area (Å²) in [5.74, 6) is 0.514. The summed E-state index contributed by atoms with van der Waals surface area (Å²) in [4.78, 5) is 6.52. The number of rotatable bonds is 10. The minimum Gasteiger partial charge on any atom is -0.382 e. The number of ether oxygens (including phenoxy) is 1. The molecule has 1 rings (SSSR count). The Morgan fingerprint density at radius 3 is 2.81 bits per heavy atom. The van der Waals surface area contributed by atoms with E-state index >= 15 is 0 Å². The SMILES string of the molecule is CCOCCCN=C(N)NCCN(C)Cc1ccccc1. The molecule has 0 atom stereocenters. The predicted molar refractivity (Wildman–Crippen MR) is 88.4 cm³/mol. The van der Waals surface area contributed by atoms with E-state index in [1.807, 2.05) is 13.0 Å². The first-order valence-corrected chi connectivity index (χ1v) is 7.56. The van der Waals surface area contributed by atoms with Gasteiger partial charge in [-0.2, -0.15) is 0 Å². The van der Waals surface area contributed by atoms with Gasteiger partial charge in [-0.3, -0.25) is 4.99 Å². The first kappa shape index (κ1) is 17.5. The van der Waals surface area contributed by atoms with E-state index in [1.165, 1.54) is 5.56 Å². The number of nitrogens with two attached hydrogens (primary N) is 1. The Balaban J connectivity index is 2.10. The molecular formula is C16H28N4O. The molecule has 21 heavy (non-hydrogen) atoms. The number of benzene rings is 1. The molecule has 3 N–H and O–H groups in total. The van der Waals surface area contributed by atoms with Crippen molar-refractivity contribution < 1.29 is 4.74 Å². The summed E-state index contributed by atoms with van der Waals surface area (Å²) in [7, 11) is 2.10. The van der Waals surface area contributed by atoms with Gasteiger partial charge in [0.15, 0.2) is 5.96 Å². The molecule has 0 aromatic heterocycles. The van der Waals surface area contributed by atoms with Crippen molar-refractivity contribution in [3.05, 3.63) is 35.9 Å². The van der Waals surface area contributed by atoms with E-state index in [2.05, 4.69) is 46.5 Å². The zero-order valence-electron chi connectivity index (χ0n) is 13.2. The van der Waals surface area contributed by atoms with E-state index in [0.29, 0.717) is 12.5 Å². The number of hydrogen-bond acceptors (Lipinski definition) is 3.